The molecule has 0 spiro atoms. The van der Waals surface area contributed by atoms with Gasteiger partial charge in [-0.15, -0.1) is 0 Å². The Morgan fingerprint density at radius 2 is 2.10 bits per heavy atom. The van der Waals surface area contributed by atoms with Crippen molar-refractivity contribution in [3.63, 3.8) is 0 Å². The summed E-state index contributed by atoms with van der Waals surface area (Å²) in [5.74, 6) is -0.475. The van der Waals surface area contributed by atoms with Crippen LogP contribution in [0.4, 0.5) is 10.1 Å². The summed E-state index contributed by atoms with van der Waals surface area (Å²) in [4.78, 5) is 9.86. The highest BCUT2D eigenvalue weighted by molar-refractivity contribution is 5.37. The van der Waals surface area contributed by atoms with Gasteiger partial charge in [0.15, 0.2) is 11.6 Å². The quantitative estimate of drug-likeness (QED) is 0.644. The molecule has 0 saturated heterocycles. The molecule has 6 heteroatoms. The van der Waals surface area contributed by atoms with Crippen LogP contribution in [0.15, 0.2) is 18.2 Å². The van der Waals surface area contributed by atoms with E-state index in [0.717, 1.165) is 12.6 Å². The monoisotopic (exact) mass is 284 g/mol. The summed E-state index contributed by atoms with van der Waals surface area (Å²) < 4.78 is 19.0. The van der Waals surface area contributed by atoms with Crippen molar-refractivity contribution in [2.75, 3.05) is 13.2 Å². The van der Waals surface area contributed by atoms with Gasteiger partial charge in [0, 0.05) is 24.1 Å². The van der Waals surface area contributed by atoms with Crippen LogP contribution in [0.3, 0.4) is 0 Å². The zero-order valence-electron chi connectivity index (χ0n) is 12.3. The molecule has 1 unspecified atom stereocenters. The number of halogens is 1. The maximum atomic E-state index is 13.6. The van der Waals surface area contributed by atoms with Crippen molar-refractivity contribution in [3.05, 3.63) is 34.1 Å². The van der Waals surface area contributed by atoms with Crippen LogP contribution in [-0.2, 0) is 0 Å². The van der Waals surface area contributed by atoms with Gasteiger partial charge in [-0.3, -0.25) is 10.1 Å². The van der Waals surface area contributed by atoms with Gasteiger partial charge in [0.25, 0.3) is 5.69 Å². The molecule has 0 aliphatic carbocycles. The Labute approximate surface area is 118 Å². The minimum atomic E-state index is -0.713. The van der Waals surface area contributed by atoms with Crippen LogP contribution in [0.25, 0.3) is 0 Å². The zero-order chi connectivity index (χ0) is 15.3. The van der Waals surface area contributed by atoms with Crippen molar-refractivity contribution in [1.82, 2.24) is 5.32 Å². The van der Waals surface area contributed by atoms with Crippen molar-refractivity contribution in [2.24, 2.45) is 5.92 Å². The van der Waals surface area contributed by atoms with Crippen molar-refractivity contribution >= 4 is 5.69 Å². The van der Waals surface area contributed by atoms with E-state index in [4.69, 9.17) is 4.74 Å². The lowest BCUT2D eigenvalue weighted by molar-refractivity contribution is -0.385. The van der Waals surface area contributed by atoms with E-state index in [-0.39, 0.29) is 22.9 Å². The number of ether oxygens (including phenoxy) is 1. The first-order valence-electron chi connectivity index (χ1n) is 6.51. The molecular formula is C14H21FN2O3. The molecule has 1 N–H and O–H groups in total. The number of nitro benzene ring substituents is 1. The van der Waals surface area contributed by atoms with Crippen LogP contribution in [0, 0.1) is 21.8 Å². The van der Waals surface area contributed by atoms with E-state index in [9.17, 15) is 14.5 Å². The highest BCUT2D eigenvalue weighted by Gasteiger charge is 2.14. The highest BCUT2D eigenvalue weighted by atomic mass is 19.1. The molecule has 5 nitrogen and oxygen atoms in total. The Morgan fingerprint density at radius 1 is 1.45 bits per heavy atom. The van der Waals surface area contributed by atoms with Crippen molar-refractivity contribution in [1.29, 1.82) is 0 Å². The zero-order valence-corrected chi connectivity index (χ0v) is 12.3. The molecule has 1 atom stereocenters. The van der Waals surface area contributed by atoms with Crippen LogP contribution in [0.5, 0.6) is 5.75 Å². The number of hydrogen-bond acceptors (Lipinski definition) is 4. The van der Waals surface area contributed by atoms with E-state index in [1.165, 1.54) is 12.1 Å². The third kappa shape index (κ3) is 5.52. The lowest BCUT2D eigenvalue weighted by Gasteiger charge is -2.23. The first kappa shape index (κ1) is 16.4. The third-order valence-corrected chi connectivity index (χ3v) is 2.63. The third-order valence-electron chi connectivity index (χ3n) is 2.63. The molecule has 0 fully saturated rings. The molecule has 0 saturated carbocycles. The van der Waals surface area contributed by atoms with E-state index >= 15 is 0 Å². The van der Waals surface area contributed by atoms with Gasteiger partial charge >= 0.3 is 0 Å². The standard InChI is InChI=1S/C14H21FN2O3/c1-10(8-16-14(2,3)4)9-20-13-6-5-11(17(18)19)7-12(13)15/h5-7,10,16H,8-9H2,1-4H3. The summed E-state index contributed by atoms with van der Waals surface area (Å²) in [6, 6.07) is 3.39. The Morgan fingerprint density at radius 3 is 2.60 bits per heavy atom. The van der Waals surface area contributed by atoms with Gasteiger partial charge in [-0.2, -0.15) is 0 Å². The number of hydrogen-bond donors (Lipinski definition) is 1. The number of nitro groups is 1. The number of rotatable bonds is 6. The van der Waals surface area contributed by atoms with E-state index in [0.29, 0.717) is 6.61 Å². The Hall–Kier alpha value is -1.69. The molecule has 112 valence electrons. The summed E-state index contributed by atoms with van der Waals surface area (Å²) in [5, 5.41) is 13.8. The number of nitrogens with zero attached hydrogens (tertiary/aromatic N) is 1. The predicted molar refractivity (Wildman–Crippen MR) is 75.5 cm³/mol. The lowest BCUT2D eigenvalue weighted by atomic mass is 10.1. The maximum Gasteiger partial charge on any atom is 0.272 e. The fraction of sp³-hybridized carbons (Fsp3) is 0.571. The van der Waals surface area contributed by atoms with Crippen LogP contribution >= 0.6 is 0 Å². The number of benzene rings is 1. The summed E-state index contributed by atoms with van der Waals surface area (Å²) in [6.07, 6.45) is 0. The fourth-order valence-electron chi connectivity index (χ4n) is 1.49. The van der Waals surface area contributed by atoms with Gasteiger partial charge in [0.1, 0.15) is 0 Å². The van der Waals surface area contributed by atoms with Gasteiger partial charge in [0.05, 0.1) is 17.6 Å². The minimum absolute atomic E-state index is 0.0207. The molecule has 0 radical (unpaired) electrons. The topological polar surface area (TPSA) is 64.4 Å². The fourth-order valence-corrected chi connectivity index (χ4v) is 1.49. The minimum Gasteiger partial charge on any atom is -0.490 e. The van der Waals surface area contributed by atoms with Crippen molar-refractivity contribution in [3.8, 4) is 5.75 Å². The second kappa shape index (κ2) is 6.65. The number of nitrogens with one attached hydrogen (secondary N) is 1. The van der Waals surface area contributed by atoms with Crippen LogP contribution in [0.1, 0.15) is 27.7 Å². The van der Waals surface area contributed by atoms with Gasteiger partial charge in [-0.05, 0) is 26.8 Å². The maximum absolute atomic E-state index is 13.6. The highest BCUT2D eigenvalue weighted by Crippen LogP contribution is 2.22. The van der Waals surface area contributed by atoms with E-state index in [2.05, 4.69) is 26.1 Å². The Kier molecular flexibility index (Phi) is 5.44. The number of non-ortho nitro benzene ring substituents is 1. The molecular weight excluding hydrogens is 263 g/mol. The molecule has 0 aliphatic rings. The van der Waals surface area contributed by atoms with E-state index in [1.807, 2.05) is 6.92 Å². The molecule has 0 aromatic heterocycles. The van der Waals surface area contributed by atoms with E-state index < -0.39 is 10.7 Å². The van der Waals surface area contributed by atoms with E-state index in [1.54, 1.807) is 0 Å². The molecule has 0 amide bonds. The molecule has 0 bridgehead atoms. The lowest BCUT2D eigenvalue weighted by Crippen LogP contribution is -2.39. The first-order valence-corrected chi connectivity index (χ1v) is 6.51. The Bertz CT molecular complexity index is 472. The molecule has 1 aromatic rings. The molecule has 20 heavy (non-hydrogen) atoms. The van der Waals surface area contributed by atoms with Crippen LogP contribution in [0.2, 0.25) is 0 Å². The summed E-state index contributed by atoms with van der Waals surface area (Å²) in [7, 11) is 0. The van der Waals surface area contributed by atoms with Crippen LogP contribution < -0.4 is 10.1 Å². The normalized spacial score (nSPS) is 13.1. The van der Waals surface area contributed by atoms with Gasteiger partial charge in [-0.25, -0.2) is 4.39 Å². The molecule has 0 heterocycles. The second-order valence-corrected chi connectivity index (χ2v) is 5.92. The van der Waals surface area contributed by atoms with Gasteiger partial charge < -0.3 is 10.1 Å². The smallest absolute Gasteiger partial charge is 0.272 e. The summed E-state index contributed by atoms with van der Waals surface area (Å²) in [6.45, 7) is 9.28. The average Bonchev–Trinajstić information content (AvgIpc) is 2.33. The predicted octanol–water partition coefficient (Wildman–Crippen LogP) is 3.14. The van der Waals surface area contributed by atoms with Gasteiger partial charge in [-0.1, -0.05) is 6.92 Å². The largest absolute Gasteiger partial charge is 0.490 e. The van der Waals surface area contributed by atoms with Crippen molar-refractivity contribution in [2.45, 2.75) is 33.2 Å². The molecule has 1 rings (SSSR count). The van der Waals surface area contributed by atoms with Crippen LogP contribution in [-0.4, -0.2) is 23.6 Å². The second-order valence-electron chi connectivity index (χ2n) is 5.92. The molecule has 1 aromatic carbocycles. The first-order chi connectivity index (χ1) is 9.19. The summed E-state index contributed by atoms with van der Waals surface area (Å²) >= 11 is 0. The van der Waals surface area contributed by atoms with Gasteiger partial charge in [0.2, 0.25) is 0 Å². The SMILES string of the molecule is CC(CNC(C)(C)C)COc1ccc([N+](=O)[O-])cc1F. The molecule has 0 aliphatic heterocycles. The van der Waals surface area contributed by atoms with Crippen molar-refractivity contribution < 1.29 is 14.1 Å². The summed E-state index contributed by atoms with van der Waals surface area (Å²) in [5.41, 5.74) is -0.260. The average molecular weight is 284 g/mol. The Balaban J connectivity index is 2.51.